The van der Waals surface area contributed by atoms with Gasteiger partial charge < -0.3 is 9.88 Å². The van der Waals surface area contributed by atoms with E-state index in [9.17, 15) is 18.0 Å². The van der Waals surface area contributed by atoms with Crippen molar-refractivity contribution in [2.45, 2.75) is 31.5 Å². The van der Waals surface area contributed by atoms with Gasteiger partial charge in [-0.25, -0.2) is 4.98 Å². The molecule has 1 aliphatic rings. The molecule has 1 saturated heterocycles. The summed E-state index contributed by atoms with van der Waals surface area (Å²) in [6.07, 6.45) is -0.134. The van der Waals surface area contributed by atoms with Crippen molar-refractivity contribution in [2.24, 2.45) is 0 Å². The largest absolute Gasteiger partial charge is 0.416 e. The normalized spacial score (nSPS) is 18.9. The average molecular weight is 475 g/mol. The summed E-state index contributed by atoms with van der Waals surface area (Å²) in [6.45, 7) is 2.31. The predicted octanol–water partition coefficient (Wildman–Crippen LogP) is 4.97. The van der Waals surface area contributed by atoms with Crippen LogP contribution >= 0.6 is 11.6 Å². The minimum absolute atomic E-state index is 0.268. The highest BCUT2D eigenvalue weighted by Crippen LogP contribution is 2.40. The summed E-state index contributed by atoms with van der Waals surface area (Å²) in [6, 6.07) is 8.26. The molecule has 170 valence electrons. The summed E-state index contributed by atoms with van der Waals surface area (Å²) >= 11 is 6.19. The Hall–Kier alpha value is -3.40. The number of nitrogens with one attached hydrogen (secondary N) is 1. The molecule has 4 aromatic rings. The van der Waals surface area contributed by atoms with Gasteiger partial charge in [-0.15, -0.1) is 0 Å². The van der Waals surface area contributed by atoms with Crippen molar-refractivity contribution in [1.82, 2.24) is 29.9 Å². The van der Waals surface area contributed by atoms with Gasteiger partial charge in [-0.3, -0.25) is 4.79 Å². The number of rotatable bonds is 3. The van der Waals surface area contributed by atoms with Gasteiger partial charge in [-0.05, 0) is 56.2 Å². The summed E-state index contributed by atoms with van der Waals surface area (Å²) in [4.78, 5) is 24.3. The number of aromatic amines is 1. The SMILES string of the molecule is CC1(c2nc3ccc(C(F)(F)F)cc3[nH]2)CCCN1C(=O)c1cc(Cl)ccc1-n1nccn1. The van der Waals surface area contributed by atoms with Crippen molar-refractivity contribution < 1.29 is 18.0 Å². The van der Waals surface area contributed by atoms with Crippen molar-refractivity contribution in [3.63, 3.8) is 0 Å². The van der Waals surface area contributed by atoms with Gasteiger partial charge in [0.25, 0.3) is 5.91 Å². The fourth-order valence-corrected chi connectivity index (χ4v) is 4.49. The maximum atomic E-state index is 13.7. The van der Waals surface area contributed by atoms with Crippen LogP contribution in [0.3, 0.4) is 0 Å². The highest BCUT2D eigenvalue weighted by molar-refractivity contribution is 6.31. The number of carbonyl (C=O) groups excluding carboxylic acids is 1. The van der Waals surface area contributed by atoms with Crippen LogP contribution in [-0.4, -0.2) is 42.3 Å². The van der Waals surface area contributed by atoms with E-state index < -0.39 is 17.3 Å². The Morgan fingerprint density at radius 1 is 1.15 bits per heavy atom. The summed E-state index contributed by atoms with van der Waals surface area (Å²) in [5, 5.41) is 8.62. The van der Waals surface area contributed by atoms with E-state index >= 15 is 0 Å². The zero-order valence-corrected chi connectivity index (χ0v) is 18.2. The van der Waals surface area contributed by atoms with Gasteiger partial charge >= 0.3 is 6.18 Å². The monoisotopic (exact) mass is 474 g/mol. The first kappa shape index (κ1) is 21.4. The number of hydrogen-bond donors (Lipinski definition) is 1. The third-order valence-corrected chi connectivity index (χ3v) is 6.26. The molecule has 7 nitrogen and oxygen atoms in total. The number of hydrogen-bond acceptors (Lipinski definition) is 4. The lowest BCUT2D eigenvalue weighted by Gasteiger charge is -2.34. The molecule has 2 aromatic heterocycles. The lowest BCUT2D eigenvalue weighted by atomic mass is 9.97. The minimum atomic E-state index is -4.46. The number of nitrogens with zero attached hydrogens (tertiary/aromatic N) is 5. The molecule has 0 radical (unpaired) electrons. The van der Waals surface area contributed by atoms with E-state index in [4.69, 9.17) is 11.6 Å². The summed E-state index contributed by atoms with van der Waals surface area (Å²) in [5.74, 6) is 0.143. The number of imidazole rings is 1. The Morgan fingerprint density at radius 3 is 2.64 bits per heavy atom. The number of amides is 1. The predicted molar refractivity (Wildman–Crippen MR) is 115 cm³/mol. The molecule has 1 fully saturated rings. The number of aromatic nitrogens is 5. The van der Waals surface area contributed by atoms with E-state index in [-0.39, 0.29) is 11.4 Å². The van der Waals surface area contributed by atoms with E-state index in [1.165, 1.54) is 23.3 Å². The van der Waals surface area contributed by atoms with Crippen LogP contribution in [0.1, 0.15) is 41.5 Å². The molecule has 11 heteroatoms. The number of fused-ring (bicyclic) bond motifs is 1. The molecule has 0 saturated carbocycles. The molecule has 5 rings (SSSR count). The van der Waals surface area contributed by atoms with Gasteiger partial charge in [0.1, 0.15) is 5.82 Å². The first-order valence-corrected chi connectivity index (χ1v) is 10.6. The van der Waals surface area contributed by atoms with Crippen LogP contribution in [0.2, 0.25) is 5.02 Å². The maximum Gasteiger partial charge on any atom is 0.416 e. The fraction of sp³-hybridized carbons (Fsp3) is 0.273. The van der Waals surface area contributed by atoms with E-state index in [1.807, 2.05) is 6.92 Å². The lowest BCUT2D eigenvalue weighted by Crippen LogP contribution is -2.44. The smallest absolute Gasteiger partial charge is 0.340 e. The van der Waals surface area contributed by atoms with Crippen molar-refractivity contribution >= 4 is 28.5 Å². The quantitative estimate of drug-likeness (QED) is 0.455. The topological polar surface area (TPSA) is 79.7 Å². The molecule has 1 amide bonds. The van der Waals surface area contributed by atoms with Gasteiger partial charge in [-0.1, -0.05) is 11.6 Å². The molecule has 1 unspecified atom stereocenters. The third-order valence-electron chi connectivity index (χ3n) is 6.03. The Balaban J connectivity index is 1.56. The van der Waals surface area contributed by atoms with Crippen molar-refractivity contribution in [3.05, 3.63) is 70.8 Å². The number of H-pyrrole nitrogens is 1. The van der Waals surface area contributed by atoms with Crippen molar-refractivity contribution in [1.29, 1.82) is 0 Å². The molecule has 1 atom stereocenters. The number of carbonyl (C=O) groups is 1. The molecular formula is C22H18ClF3N6O. The van der Waals surface area contributed by atoms with Crippen LogP contribution < -0.4 is 0 Å². The molecule has 2 aromatic carbocycles. The molecule has 1 aliphatic heterocycles. The zero-order chi connectivity index (χ0) is 23.4. The van der Waals surface area contributed by atoms with E-state index in [0.717, 1.165) is 12.1 Å². The summed E-state index contributed by atoms with van der Waals surface area (Å²) in [7, 11) is 0. The van der Waals surface area contributed by atoms with Gasteiger partial charge in [0.15, 0.2) is 0 Å². The first-order chi connectivity index (χ1) is 15.7. The van der Waals surface area contributed by atoms with Crippen LogP contribution in [0.4, 0.5) is 13.2 Å². The maximum absolute atomic E-state index is 13.7. The van der Waals surface area contributed by atoms with Gasteiger partial charge in [-0.2, -0.15) is 28.2 Å². The highest BCUT2D eigenvalue weighted by atomic mass is 35.5. The van der Waals surface area contributed by atoms with Crippen molar-refractivity contribution in [3.8, 4) is 5.69 Å². The summed E-state index contributed by atoms with van der Waals surface area (Å²) < 4.78 is 39.4. The van der Waals surface area contributed by atoms with Crippen LogP contribution in [0.5, 0.6) is 0 Å². The molecule has 0 spiro atoms. The Bertz CT molecular complexity index is 1350. The van der Waals surface area contributed by atoms with Gasteiger partial charge in [0, 0.05) is 11.6 Å². The first-order valence-electron chi connectivity index (χ1n) is 10.2. The second kappa shape index (κ2) is 7.58. The number of alkyl halides is 3. The number of halogens is 4. The molecule has 33 heavy (non-hydrogen) atoms. The van der Waals surface area contributed by atoms with Crippen LogP contribution in [0, 0.1) is 0 Å². The second-order valence-electron chi connectivity index (χ2n) is 8.13. The Kier molecular flexibility index (Phi) is 4.93. The number of benzene rings is 2. The molecule has 0 aliphatic carbocycles. The molecule has 0 bridgehead atoms. The Morgan fingerprint density at radius 2 is 1.91 bits per heavy atom. The highest BCUT2D eigenvalue weighted by Gasteiger charge is 2.44. The average Bonchev–Trinajstić information content (AvgIpc) is 3.52. The lowest BCUT2D eigenvalue weighted by molar-refractivity contribution is -0.137. The standard InChI is InChI=1S/C22H18ClF3N6O/c1-21(20-29-16-5-3-13(22(24,25)26)11-17(16)30-20)7-2-10-31(21)19(33)15-12-14(23)4-6-18(15)32-27-8-9-28-32/h3-6,8-9,11-12H,2,7,10H2,1H3,(H,29,30). The minimum Gasteiger partial charge on any atom is -0.340 e. The van der Waals surface area contributed by atoms with Gasteiger partial charge in [0.2, 0.25) is 0 Å². The second-order valence-corrected chi connectivity index (χ2v) is 8.57. The van der Waals surface area contributed by atoms with Crippen LogP contribution in [0.25, 0.3) is 16.7 Å². The summed E-state index contributed by atoms with van der Waals surface area (Å²) in [5.41, 5.74) is -0.131. The van der Waals surface area contributed by atoms with Crippen LogP contribution in [-0.2, 0) is 11.7 Å². The van der Waals surface area contributed by atoms with Crippen molar-refractivity contribution in [2.75, 3.05) is 6.54 Å². The van der Waals surface area contributed by atoms with E-state index in [2.05, 4.69) is 20.2 Å². The Labute approximate surface area is 191 Å². The molecular weight excluding hydrogens is 457 g/mol. The van der Waals surface area contributed by atoms with Gasteiger partial charge in [0.05, 0.1) is 45.8 Å². The van der Waals surface area contributed by atoms with Crippen LogP contribution in [0.15, 0.2) is 48.8 Å². The third kappa shape index (κ3) is 3.64. The molecule has 3 heterocycles. The molecule has 1 N–H and O–H groups in total. The van der Waals surface area contributed by atoms with E-state index in [0.29, 0.717) is 47.0 Å². The van der Waals surface area contributed by atoms with E-state index in [1.54, 1.807) is 23.1 Å². The zero-order valence-electron chi connectivity index (χ0n) is 17.4. The fourth-order valence-electron chi connectivity index (χ4n) is 4.32. The number of likely N-dealkylation sites (tertiary alicyclic amines) is 1.